The number of rotatable bonds is 5. The van der Waals surface area contributed by atoms with Crippen LogP contribution in [0.15, 0.2) is 12.3 Å². The number of Topliss-reactive ketones (excluding diaryl/α,β-unsaturated/α-hetero) is 1. The van der Waals surface area contributed by atoms with Crippen molar-refractivity contribution in [3.8, 4) is 0 Å². The highest BCUT2D eigenvalue weighted by Crippen LogP contribution is 2.10. The molecule has 0 radical (unpaired) electrons. The van der Waals surface area contributed by atoms with Crippen molar-refractivity contribution >= 4 is 5.78 Å². The van der Waals surface area contributed by atoms with Crippen LogP contribution in [0.1, 0.15) is 36.8 Å². The summed E-state index contributed by atoms with van der Waals surface area (Å²) < 4.78 is 1.90. The Morgan fingerprint density at radius 2 is 2.00 bits per heavy atom. The number of carbonyl (C=O) groups is 1. The van der Waals surface area contributed by atoms with E-state index in [-0.39, 0.29) is 5.78 Å². The quantitative estimate of drug-likeness (QED) is 0.692. The summed E-state index contributed by atoms with van der Waals surface area (Å²) in [5, 5.41) is 0. The van der Waals surface area contributed by atoms with Gasteiger partial charge in [-0.25, -0.2) is 0 Å². The maximum Gasteiger partial charge on any atom is 0.176 e. The van der Waals surface area contributed by atoms with Crippen LogP contribution in [0.3, 0.4) is 0 Å². The third-order valence-electron chi connectivity index (χ3n) is 2.72. The number of aryl methyl sites for hydroxylation is 1. The van der Waals surface area contributed by atoms with Crippen LogP contribution in [-0.2, 0) is 13.6 Å². The molecule has 0 fully saturated rings. The molecule has 0 N–H and O–H groups in total. The van der Waals surface area contributed by atoms with E-state index in [0.29, 0.717) is 0 Å². The van der Waals surface area contributed by atoms with Gasteiger partial charge in [0.25, 0.3) is 0 Å². The zero-order valence-corrected chi connectivity index (χ0v) is 10.1. The Morgan fingerprint density at radius 3 is 2.40 bits per heavy atom. The lowest BCUT2D eigenvalue weighted by Gasteiger charge is -2.16. The molecule has 0 spiro atoms. The molecule has 0 aliphatic carbocycles. The van der Waals surface area contributed by atoms with E-state index in [1.807, 2.05) is 23.9 Å². The average molecular weight is 208 g/mol. The molecule has 84 valence electrons. The number of hydrogen-bond acceptors (Lipinski definition) is 2. The van der Waals surface area contributed by atoms with Crippen LogP contribution >= 0.6 is 0 Å². The van der Waals surface area contributed by atoms with E-state index < -0.39 is 0 Å². The van der Waals surface area contributed by atoms with Crippen molar-refractivity contribution < 1.29 is 4.79 Å². The van der Waals surface area contributed by atoms with Gasteiger partial charge in [-0.1, -0.05) is 13.8 Å². The lowest BCUT2D eigenvalue weighted by molar-refractivity contribution is 0.101. The Kier molecular flexibility index (Phi) is 4.09. The highest BCUT2D eigenvalue weighted by atomic mass is 16.1. The number of ketones is 1. The molecule has 0 unspecified atom stereocenters. The maximum atomic E-state index is 11.3. The summed E-state index contributed by atoms with van der Waals surface area (Å²) >= 11 is 0. The van der Waals surface area contributed by atoms with Crippen LogP contribution in [0.5, 0.6) is 0 Å². The fourth-order valence-electron chi connectivity index (χ4n) is 1.77. The molecular weight excluding hydrogens is 188 g/mol. The van der Waals surface area contributed by atoms with E-state index in [1.165, 1.54) is 5.56 Å². The molecule has 1 rings (SSSR count). The molecule has 0 saturated heterocycles. The lowest BCUT2D eigenvalue weighted by atomic mass is 10.2. The Balaban J connectivity index is 2.79. The van der Waals surface area contributed by atoms with Crippen LogP contribution in [-0.4, -0.2) is 28.3 Å². The van der Waals surface area contributed by atoms with Crippen molar-refractivity contribution in [2.75, 3.05) is 13.1 Å². The minimum absolute atomic E-state index is 0.128. The topological polar surface area (TPSA) is 25.2 Å². The monoisotopic (exact) mass is 208 g/mol. The van der Waals surface area contributed by atoms with E-state index in [2.05, 4.69) is 18.7 Å². The van der Waals surface area contributed by atoms with Crippen LogP contribution in [0.25, 0.3) is 0 Å². The number of hydrogen-bond donors (Lipinski definition) is 0. The SMILES string of the molecule is CCN(CC)Cc1cc(C(C)=O)n(C)c1. The molecule has 0 aliphatic rings. The molecule has 0 bridgehead atoms. The van der Waals surface area contributed by atoms with Crippen molar-refractivity contribution in [3.05, 3.63) is 23.5 Å². The predicted octanol–water partition coefficient (Wildman–Crippen LogP) is 2.07. The second-order valence-electron chi connectivity index (χ2n) is 3.86. The standard InChI is InChI=1S/C12H20N2O/c1-5-14(6-2)9-11-7-12(10(3)15)13(4)8-11/h7-8H,5-6,9H2,1-4H3. The Morgan fingerprint density at radius 1 is 1.40 bits per heavy atom. The molecule has 1 aromatic rings. The summed E-state index contributed by atoms with van der Waals surface area (Å²) in [4.78, 5) is 13.6. The molecule has 3 nitrogen and oxygen atoms in total. The Hall–Kier alpha value is -1.09. The highest BCUT2D eigenvalue weighted by Gasteiger charge is 2.08. The summed E-state index contributed by atoms with van der Waals surface area (Å²) in [7, 11) is 1.92. The van der Waals surface area contributed by atoms with Crippen LogP contribution in [0, 0.1) is 0 Å². The summed E-state index contributed by atoms with van der Waals surface area (Å²) in [5.41, 5.74) is 2.00. The zero-order valence-electron chi connectivity index (χ0n) is 10.1. The first kappa shape index (κ1) is 12.0. The fraction of sp³-hybridized carbons (Fsp3) is 0.583. The van der Waals surface area contributed by atoms with E-state index >= 15 is 0 Å². The van der Waals surface area contributed by atoms with Crippen molar-refractivity contribution in [2.24, 2.45) is 7.05 Å². The largest absolute Gasteiger partial charge is 0.348 e. The van der Waals surface area contributed by atoms with Gasteiger partial charge in [-0.3, -0.25) is 9.69 Å². The molecule has 1 heterocycles. The molecular formula is C12H20N2O. The van der Waals surface area contributed by atoms with Crippen molar-refractivity contribution in [2.45, 2.75) is 27.3 Å². The Labute approximate surface area is 91.7 Å². The molecule has 0 aromatic carbocycles. The second kappa shape index (κ2) is 5.12. The Bertz CT molecular complexity index is 337. The third-order valence-corrected chi connectivity index (χ3v) is 2.72. The second-order valence-corrected chi connectivity index (χ2v) is 3.86. The van der Waals surface area contributed by atoms with Gasteiger partial charge in [0.15, 0.2) is 5.78 Å². The molecule has 0 aliphatic heterocycles. The minimum Gasteiger partial charge on any atom is -0.348 e. The van der Waals surface area contributed by atoms with Gasteiger partial charge >= 0.3 is 0 Å². The first-order valence-corrected chi connectivity index (χ1v) is 5.47. The van der Waals surface area contributed by atoms with E-state index in [1.54, 1.807) is 6.92 Å². The molecule has 0 saturated carbocycles. The van der Waals surface area contributed by atoms with Crippen molar-refractivity contribution in [1.82, 2.24) is 9.47 Å². The van der Waals surface area contributed by atoms with Gasteiger partial charge < -0.3 is 4.57 Å². The summed E-state index contributed by atoms with van der Waals surface area (Å²) in [6, 6.07) is 1.99. The van der Waals surface area contributed by atoms with Crippen LogP contribution in [0.2, 0.25) is 0 Å². The van der Waals surface area contributed by atoms with Gasteiger partial charge in [-0.2, -0.15) is 0 Å². The number of carbonyl (C=O) groups excluding carboxylic acids is 1. The molecule has 1 aromatic heterocycles. The van der Waals surface area contributed by atoms with Gasteiger partial charge in [0.2, 0.25) is 0 Å². The van der Waals surface area contributed by atoms with Crippen molar-refractivity contribution in [3.63, 3.8) is 0 Å². The van der Waals surface area contributed by atoms with Gasteiger partial charge in [0.1, 0.15) is 0 Å². The minimum atomic E-state index is 0.128. The lowest BCUT2D eigenvalue weighted by Crippen LogP contribution is -2.21. The predicted molar refractivity (Wildman–Crippen MR) is 62.0 cm³/mol. The van der Waals surface area contributed by atoms with Crippen molar-refractivity contribution in [1.29, 1.82) is 0 Å². The zero-order chi connectivity index (χ0) is 11.4. The molecule has 3 heteroatoms. The van der Waals surface area contributed by atoms with Crippen LogP contribution in [0.4, 0.5) is 0 Å². The van der Waals surface area contributed by atoms with E-state index in [9.17, 15) is 4.79 Å². The number of nitrogens with zero attached hydrogens (tertiary/aromatic N) is 2. The molecule has 0 amide bonds. The molecule has 0 atom stereocenters. The smallest absolute Gasteiger partial charge is 0.176 e. The summed E-state index contributed by atoms with van der Waals surface area (Å²) in [5.74, 6) is 0.128. The summed E-state index contributed by atoms with van der Waals surface area (Å²) in [6.07, 6.45) is 2.04. The first-order valence-electron chi connectivity index (χ1n) is 5.47. The number of aromatic nitrogens is 1. The van der Waals surface area contributed by atoms with Gasteiger partial charge in [0, 0.05) is 26.7 Å². The van der Waals surface area contributed by atoms with Gasteiger partial charge in [-0.15, -0.1) is 0 Å². The summed E-state index contributed by atoms with van der Waals surface area (Å²) in [6.45, 7) is 8.92. The van der Waals surface area contributed by atoms with E-state index in [4.69, 9.17) is 0 Å². The van der Waals surface area contributed by atoms with Gasteiger partial charge in [-0.05, 0) is 24.7 Å². The van der Waals surface area contributed by atoms with Gasteiger partial charge in [0.05, 0.1) is 5.69 Å². The third kappa shape index (κ3) is 2.93. The highest BCUT2D eigenvalue weighted by molar-refractivity contribution is 5.92. The maximum absolute atomic E-state index is 11.3. The van der Waals surface area contributed by atoms with Crippen LogP contribution < -0.4 is 0 Å². The first-order chi connectivity index (χ1) is 7.08. The van der Waals surface area contributed by atoms with E-state index in [0.717, 1.165) is 25.3 Å². The normalized spacial score (nSPS) is 11.0. The molecule has 15 heavy (non-hydrogen) atoms. The fourth-order valence-corrected chi connectivity index (χ4v) is 1.77. The average Bonchev–Trinajstić information content (AvgIpc) is 2.56.